The van der Waals surface area contributed by atoms with Crippen LogP contribution in [0.3, 0.4) is 0 Å². The zero-order valence-corrected chi connectivity index (χ0v) is 22.5. The minimum atomic E-state index is -3.74. The number of aromatic nitrogens is 2. The molecule has 12 heteroatoms. The van der Waals surface area contributed by atoms with Crippen molar-refractivity contribution in [2.45, 2.75) is 20.4 Å². The molecule has 0 aliphatic rings. The molecule has 200 valence electrons. The van der Waals surface area contributed by atoms with E-state index in [0.717, 1.165) is 12.1 Å². The molecule has 0 N–H and O–H groups in total. The van der Waals surface area contributed by atoms with Gasteiger partial charge in [-0.15, -0.1) is 11.3 Å². The maximum absolute atomic E-state index is 14.5. The van der Waals surface area contributed by atoms with Crippen LogP contribution < -0.4 is 19.3 Å². The number of nitrogens with zero attached hydrogens (tertiary/aromatic N) is 3. The van der Waals surface area contributed by atoms with Gasteiger partial charge in [-0.1, -0.05) is 0 Å². The molecule has 4 aromatic rings. The summed E-state index contributed by atoms with van der Waals surface area (Å²) in [5.74, 6) is -1.68. The second-order valence-electron chi connectivity index (χ2n) is 8.12. The van der Waals surface area contributed by atoms with Gasteiger partial charge in [-0.05, 0) is 44.2 Å². The van der Waals surface area contributed by atoms with E-state index in [4.69, 9.17) is 9.47 Å². The first kappa shape index (κ1) is 27.3. The van der Waals surface area contributed by atoms with E-state index in [-0.39, 0.29) is 41.7 Å². The van der Waals surface area contributed by atoms with Gasteiger partial charge in [0.15, 0.2) is 11.6 Å². The number of hydrogen-bond donors (Lipinski definition) is 0. The number of sulfonamides is 1. The first-order chi connectivity index (χ1) is 18.1. The molecule has 0 spiro atoms. The Morgan fingerprint density at radius 2 is 1.79 bits per heavy atom. The van der Waals surface area contributed by atoms with Gasteiger partial charge >= 0.3 is 0 Å². The monoisotopic (exact) mass is 561 g/mol. The van der Waals surface area contributed by atoms with Gasteiger partial charge in [-0.2, -0.15) is 0 Å². The average molecular weight is 562 g/mol. The summed E-state index contributed by atoms with van der Waals surface area (Å²) in [6, 6.07) is 8.82. The van der Waals surface area contributed by atoms with E-state index < -0.39 is 21.7 Å². The molecule has 0 radical (unpaired) electrons. The number of benzene rings is 2. The third kappa shape index (κ3) is 5.86. The highest BCUT2D eigenvalue weighted by Crippen LogP contribution is 2.41. The zero-order chi connectivity index (χ0) is 27.4. The van der Waals surface area contributed by atoms with Gasteiger partial charge in [0.05, 0.1) is 24.6 Å². The van der Waals surface area contributed by atoms with Gasteiger partial charge in [-0.3, -0.25) is 9.10 Å². The lowest BCUT2D eigenvalue weighted by molar-refractivity contribution is 0.340. The lowest BCUT2D eigenvalue weighted by Gasteiger charge is -2.25. The summed E-state index contributed by atoms with van der Waals surface area (Å²) >= 11 is 1.32. The number of hydrogen-bond acceptors (Lipinski definition) is 7. The molecule has 0 unspecified atom stereocenters. The Labute approximate surface area is 222 Å². The molecule has 0 saturated heterocycles. The second-order valence-corrected chi connectivity index (χ2v) is 11.3. The molecule has 0 amide bonds. The quantitative estimate of drug-likeness (QED) is 0.260. The fourth-order valence-corrected chi connectivity index (χ4v) is 5.45. The first-order valence-electron chi connectivity index (χ1n) is 11.6. The van der Waals surface area contributed by atoms with E-state index in [1.54, 1.807) is 38.5 Å². The van der Waals surface area contributed by atoms with Crippen LogP contribution in [0, 0.1) is 11.6 Å². The van der Waals surface area contributed by atoms with Crippen LogP contribution in [0.2, 0.25) is 0 Å². The summed E-state index contributed by atoms with van der Waals surface area (Å²) in [7, 11) is -2.18. The molecule has 38 heavy (non-hydrogen) atoms. The standard InChI is InChI=1S/C26H25F2N3O5S2/c1-4-35-24-14-26(32)30(3)15-20(24)19-13-18(31(38(33,34)5-2)16-25-29-10-11-37-25)7-9-22(19)36-23-8-6-17(27)12-21(23)28/h6-15H,4-5,16H2,1-3H3. The predicted octanol–water partition coefficient (Wildman–Crippen LogP) is 5.33. The third-order valence-corrected chi connectivity index (χ3v) is 8.11. The van der Waals surface area contributed by atoms with Crippen molar-refractivity contribution < 1.29 is 26.7 Å². The topological polar surface area (TPSA) is 90.7 Å². The Morgan fingerprint density at radius 3 is 2.45 bits per heavy atom. The Hall–Kier alpha value is -3.77. The third-order valence-electron chi connectivity index (χ3n) is 5.61. The lowest BCUT2D eigenvalue weighted by atomic mass is 10.0. The number of halogens is 2. The SMILES string of the molecule is CCOc1cc(=O)n(C)cc1-c1cc(N(Cc2nccs2)S(=O)(=O)CC)ccc1Oc1ccc(F)cc1F. The second kappa shape index (κ2) is 11.3. The minimum Gasteiger partial charge on any atom is -0.493 e. The van der Waals surface area contributed by atoms with Crippen molar-refractivity contribution in [3.63, 3.8) is 0 Å². The zero-order valence-electron chi connectivity index (χ0n) is 20.9. The molecule has 2 heterocycles. The molecule has 0 aliphatic heterocycles. The van der Waals surface area contributed by atoms with E-state index in [1.807, 2.05) is 0 Å². The molecule has 8 nitrogen and oxygen atoms in total. The van der Waals surface area contributed by atoms with Crippen molar-refractivity contribution in [2.75, 3.05) is 16.7 Å². The fraction of sp³-hybridized carbons (Fsp3) is 0.231. The van der Waals surface area contributed by atoms with Gasteiger partial charge in [0.1, 0.15) is 22.3 Å². The van der Waals surface area contributed by atoms with E-state index in [9.17, 15) is 22.0 Å². The van der Waals surface area contributed by atoms with Crippen molar-refractivity contribution in [3.8, 4) is 28.4 Å². The van der Waals surface area contributed by atoms with Gasteiger partial charge < -0.3 is 14.0 Å². The Balaban J connectivity index is 1.93. The Bertz CT molecular complexity index is 1610. The highest BCUT2D eigenvalue weighted by Gasteiger charge is 2.25. The van der Waals surface area contributed by atoms with Gasteiger partial charge in [-0.25, -0.2) is 22.2 Å². The number of pyridine rings is 1. The van der Waals surface area contributed by atoms with Crippen LogP contribution in [0.25, 0.3) is 11.1 Å². The minimum absolute atomic E-state index is 0.00562. The lowest BCUT2D eigenvalue weighted by Crippen LogP contribution is -2.31. The van der Waals surface area contributed by atoms with Crippen LogP contribution in [-0.2, 0) is 23.6 Å². The van der Waals surface area contributed by atoms with E-state index in [1.165, 1.54) is 44.6 Å². The first-order valence-corrected chi connectivity index (χ1v) is 14.1. The van der Waals surface area contributed by atoms with Gasteiger partial charge in [0.2, 0.25) is 10.0 Å². The molecule has 0 atom stereocenters. The normalized spacial score (nSPS) is 11.4. The summed E-state index contributed by atoms with van der Waals surface area (Å²) < 4.78 is 68.3. The Morgan fingerprint density at radius 1 is 1.03 bits per heavy atom. The van der Waals surface area contributed by atoms with Crippen molar-refractivity contribution in [1.29, 1.82) is 0 Å². The van der Waals surface area contributed by atoms with Crippen LogP contribution in [0.15, 0.2) is 65.0 Å². The molecule has 0 saturated carbocycles. The molecule has 4 rings (SSSR count). The smallest absolute Gasteiger partial charge is 0.254 e. The van der Waals surface area contributed by atoms with Crippen molar-refractivity contribution in [1.82, 2.24) is 9.55 Å². The van der Waals surface area contributed by atoms with Crippen LogP contribution in [-0.4, -0.2) is 30.3 Å². The number of anilines is 1. The molecule has 2 aromatic heterocycles. The summed E-state index contributed by atoms with van der Waals surface area (Å²) in [5.41, 5.74) is 0.733. The molecule has 0 bridgehead atoms. The molecule has 2 aromatic carbocycles. The van der Waals surface area contributed by atoms with Crippen molar-refractivity contribution in [3.05, 3.63) is 87.2 Å². The highest BCUT2D eigenvalue weighted by atomic mass is 32.2. The fourth-order valence-electron chi connectivity index (χ4n) is 3.70. The van der Waals surface area contributed by atoms with Crippen LogP contribution >= 0.6 is 11.3 Å². The van der Waals surface area contributed by atoms with Crippen molar-refractivity contribution >= 4 is 27.0 Å². The van der Waals surface area contributed by atoms with Crippen molar-refractivity contribution in [2.24, 2.45) is 7.05 Å². The number of thiazole rings is 1. The summed E-state index contributed by atoms with van der Waals surface area (Å²) in [6.07, 6.45) is 3.12. The highest BCUT2D eigenvalue weighted by molar-refractivity contribution is 7.92. The number of aryl methyl sites for hydroxylation is 1. The van der Waals surface area contributed by atoms with E-state index >= 15 is 0 Å². The molecular weight excluding hydrogens is 536 g/mol. The van der Waals surface area contributed by atoms with Crippen LogP contribution in [0.4, 0.5) is 14.5 Å². The largest absolute Gasteiger partial charge is 0.493 e. The van der Waals surface area contributed by atoms with E-state index in [0.29, 0.717) is 27.9 Å². The Kier molecular flexibility index (Phi) is 8.12. The number of rotatable bonds is 10. The average Bonchev–Trinajstić information content (AvgIpc) is 3.40. The maximum atomic E-state index is 14.5. The predicted molar refractivity (Wildman–Crippen MR) is 142 cm³/mol. The van der Waals surface area contributed by atoms with Gasteiger partial charge in [0, 0.05) is 48.1 Å². The molecular formula is C26H25F2N3O5S2. The maximum Gasteiger partial charge on any atom is 0.254 e. The van der Waals surface area contributed by atoms with Crippen LogP contribution in [0.5, 0.6) is 17.2 Å². The van der Waals surface area contributed by atoms with E-state index in [2.05, 4.69) is 4.98 Å². The van der Waals surface area contributed by atoms with Crippen LogP contribution in [0.1, 0.15) is 18.9 Å². The van der Waals surface area contributed by atoms with Gasteiger partial charge in [0.25, 0.3) is 5.56 Å². The number of ether oxygens (including phenoxy) is 2. The summed E-state index contributed by atoms with van der Waals surface area (Å²) in [6.45, 7) is 3.56. The molecule has 0 aliphatic carbocycles. The molecule has 0 fully saturated rings. The summed E-state index contributed by atoms with van der Waals surface area (Å²) in [4.78, 5) is 16.6. The summed E-state index contributed by atoms with van der Waals surface area (Å²) in [5, 5.41) is 2.35.